The van der Waals surface area contributed by atoms with Crippen LogP contribution >= 0.6 is 0 Å². The maximum absolute atomic E-state index is 12.9. The number of hydrogen-bond donors (Lipinski definition) is 1. The Morgan fingerprint density at radius 2 is 2.29 bits per heavy atom. The number of halogens is 1. The van der Waals surface area contributed by atoms with E-state index in [-0.39, 0.29) is 24.0 Å². The molecule has 1 aromatic rings. The summed E-state index contributed by atoms with van der Waals surface area (Å²) < 4.78 is 18.2. The van der Waals surface area contributed by atoms with E-state index >= 15 is 0 Å². The van der Waals surface area contributed by atoms with E-state index in [1.807, 2.05) is 6.92 Å². The third-order valence-electron chi connectivity index (χ3n) is 2.19. The van der Waals surface area contributed by atoms with E-state index in [1.165, 1.54) is 12.1 Å². The van der Waals surface area contributed by atoms with Gasteiger partial charge in [0.25, 0.3) is 6.02 Å². The zero-order valence-electron chi connectivity index (χ0n) is 7.77. The maximum atomic E-state index is 12.9. The fourth-order valence-electron chi connectivity index (χ4n) is 1.56. The molecule has 0 radical (unpaired) electrons. The first-order valence-corrected chi connectivity index (χ1v) is 4.42. The van der Waals surface area contributed by atoms with Gasteiger partial charge in [0.15, 0.2) is 0 Å². The van der Waals surface area contributed by atoms with Gasteiger partial charge >= 0.3 is 0 Å². The van der Waals surface area contributed by atoms with Crippen LogP contribution in [0.5, 0.6) is 0 Å². The molecule has 0 spiro atoms. The second kappa shape index (κ2) is 3.29. The first-order valence-electron chi connectivity index (χ1n) is 4.42. The van der Waals surface area contributed by atoms with Crippen molar-refractivity contribution in [2.45, 2.75) is 19.1 Å². The van der Waals surface area contributed by atoms with Crippen LogP contribution in [0.2, 0.25) is 0 Å². The first-order chi connectivity index (χ1) is 6.66. The van der Waals surface area contributed by atoms with Crippen LogP contribution in [0, 0.1) is 5.82 Å². The smallest absolute Gasteiger partial charge is 0.283 e. The molecule has 1 aliphatic rings. The average molecular weight is 194 g/mol. The standard InChI is InChI=1S/C10H11FN2O/c1-6-9(14-10(12)13-6)7-3-2-4-8(11)5-7/h2-6,9H,1H3,(H2,12,13). The summed E-state index contributed by atoms with van der Waals surface area (Å²) in [5.74, 6) is -0.274. The third kappa shape index (κ3) is 1.55. The van der Waals surface area contributed by atoms with Crippen LogP contribution in [0.25, 0.3) is 0 Å². The summed E-state index contributed by atoms with van der Waals surface area (Å²) in [6.07, 6.45) is -0.259. The molecule has 74 valence electrons. The quantitative estimate of drug-likeness (QED) is 0.738. The Morgan fingerprint density at radius 1 is 1.50 bits per heavy atom. The summed E-state index contributed by atoms with van der Waals surface area (Å²) in [7, 11) is 0. The van der Waals surface area contributed by atoms with Crippen LogP contribution < -0.4 is 5.73 Å². The van der Waals surface area contributed by atoms with E-state index in [9.17, 15) is 4.39 Å². The van der Waals surface area contributed by atoms with E-state index in [0.29, 0.717) is 0 Å². The fraction of sp³-hybridized carbons (Fsp3) is 0.300. The number of hydrogen-bond acceptors (Lipinski definition) is 3. The minimum Gasteiger partial charge on any atom is -0.455 e. The average Bonchev–Trinajstić information content (AvgIpc) is 2.45. The van der Waals surface area contributed by atoms with Crippen molar-refractivity contribution in [3.8, 4) is 0 Å². The fourth-order valence-corrected chi connectivity index (χ4v) is 1.56. The highest BCUT2D eigenvalue weighted by molar-refractivity contribution is 5.73. The number of benzene rings is 1. The van der Waals surface area contributed by atoms with Gasteiger partial charge in [0.2, 0.25) is 0 Å². The molecule has 2 rings (SSSR count). The van der Waals surface area contributed by atoms with Crippen LogP contribution in [0.15, 0.2) is 29.3 Å². The number of nitrogens with zero attached hydrogens (tertiary/aromatic N) is 1. The van der Waals surface area contributed by atoms with Crippen molar-refractivity contribution >= 4 is 6.02 Å². The van der Waals surface area contributed by atoms with Gasteiger partial charge in [-0.25, -0.2) is 9.38 Å². The van der Waals surface area contributed by atoms with E-state index in [0.717, 1.165) is 5.56 Å². The van der Waals surface area contributed by atoms with Crippen molar-refractivity contribution in [1.82, 2.24) is 0 Å². The Labute approximate surface area is 81.4 Å². The van der Waals surface area contributed by atoms with Crippen LogP contribution in [0.4, 0.5) is 4.39 Å². The highest BCUT2D eigenvalue weighted by Crippen LogP contribution is 2.27. The molecule has 1 heterocycles. The first kappa shape index (κ1) is 8.99. The Balaban J connectivity index is 2.25. The van der Waals surface area contributed by atoms with Crippen molar-refractivity contribution in [1.29, 1.82) is 0 Å². The summed E-state index contributed by atoms with van der Waals surface area (Å²) in [5.41, 5.74) is 6.19. The highest BCUT2D eigenvalue weighted by atomic mass is 19.1. The molecule has 0 saturated heterocycles. The summed E-state index contributed by atoms with van der Waals surface area (Å²) in [6, 6.07) is 6.40. The molecule has 0 aromatic heterocycles. The van der Waals surface area contributed by atoms with Gasteiger partial charge in [-0.2, -0.15) is 0 Å². The van der Waals surface area contributed by atoms with E-state index in [4.69, 9.17) is 10.5 Å². The third-order valence-corrected chi connectivity index (χ3v) is 2.19. The minimum absolute atomic E-state index is 0.0585. The Kier molecular flexibility index (Phi) is 2.11. The predicted octanol–water partition coefficient (Wildman–Crippen LogP) is 1.60. The number of amidine groups is 1. The second-order valence-electron chi connectivity index (χ2n) is 3.30. The second-order valence-corrected chi connectivity index (χ2v) is 3.30. The molecule has 2 N–H and O–H groups in total. The van der Waals surface area contributed by atoms with Crippen LogP contribution in [-0.4, -0.2) is 12.1 Å². The summed E-state index contributed by atoms with van der Waals surface area (Å²) in [6.45, 7) is 1.88. The van der Waals surface area contributed by atoms with Crippen molar-refractivity contribution in [2.24, 2.45) is 10.7 Å². The summed E-state index contributed by atoms with van der Waals surface area (Å²) in [5, 5.41) is 0. The molecule has 4 heteroatoms. The molecule has 0 fully saturated rings. The Hall–Kier alpha value is -1.58. The van der Waals surface area contributed by atoms with Crippen molar-refractivity contribution in [3.63, 3.8) is 0 Å². The number of rotatable bonds is 1. The zero-order valence-corrected chi connectivity index (χ0v) is 7.77. The van der Waals surface area contributed by atoms with E-state index < -0.39 is 0 Å². The Bertz CT molecular complexity index is 378. The molecule has 1 aliphatic heterocycles. The van der Waals surface area contributed by atoms with Crippen LogP contribution in [-0.2, 0) is 4.74 Å². The molecule has 2 atom stereocenters. The monoisotopic (exact) mass is 194 g/mol. The molecule has 1 aromatic carbocycles. The van der Waals surface area contributed by atoms with Gasteiger partial charge in [0, 0.05) is 0 Å². The largest absolute Gasteiger partial charge is 0.455 e. The lowest BCUT2D eigenvalue weighted by Crippen LogP contribution is -2.14. The minimum atomic E-state index is -0.274. The van der Waals surface area contributed by atoms with Gasteiger partial charge in [0.1, 0.15) is 11.9 Å². The maximum Gasteiger partial charge on any atom is 0.283 e. The zero-order chi connectivity index (χ0) is 10.1. The molecular formula is C10H11FN2O. The van der Waals surface area contributed by atoms with Crippen LogP contribution in [0.3, 0.4) is 0 Å². The molecule has 0 aliphatic carbocycles. The highest BCUT2D eigenvalue weighted by Gasteiger charge is 2.27. The molecule has 0 saturated carbocycles. The van der Waals surface area contributed by atoms with Gasteiger partial charge in [-0.15, -0.1) is 0 Å². The van der Waals surface area contributed by atoms with Crippen molar-refractivity contribution < 1.29 is 9.13 Å². The number of ether oxygens (including phenoxy) is 1. The topological polar surface area (TPSA) is 47.6 Å². The normalized spacial score (nSPS) is 25.7. The van der Waals surface area contributed by atoms with Gasteiger partial charge in [-0.1, -0.05) is 12.1 Å². The number of aliphatic imine (C=N–C) groups is 1. The Morgan fingerprint density at radius 3 is 2.86 bits per heavy atom. The lowest BCUT2D eigenvalue weighted by atomic mass is 10.0. The van der Waals surface area contributed by atoms with E-state index in [1.54, 1.807) is 12.1 Å². The molecule has 3 nitrogen and oxygen atoms in total. The van der Waals surface area contributed by atoms with Gasteiger partial charge in [-0.3, -0.25) is 0 Å². The van der Waals surface area contributed by atoms with Crippen LogP contribution in [0.1, 0.15) is 18.6 Å². The molecule has 2 unspecified atom stereocenters. The molecule has 0 bridgehead atoms. The van der Waals surface area contributed by atoms with Crippen molar-refractivity contribution in [3.05, 3.63) is 35.6 Å². The SMILES string of the molecule is CC1N=C(N)OC1c1cccc(F)c1. The molecular weight excluding hydrogens is 183 g/mol. The number of nitrogens with two attached hydrogens (primary N) is 1. The van der Waals surface area contributed by atoms with Gasteiger partial charge in [-0.05, 0) is 24.6 Å². The predicted molar refractivity (Wildman–Crippen MR) is 51.3 cm³/mol. The van der Waals surface area contributed by atoms with Crippen molar-refractivity contribution in [2.75, 3.05) is 0 Å². The lowest BCUT2D eigenvalue weighted by molar-refractivity contribution is 0.198. The molecule has 0 amide bonds. The van der Waals surface area contributed by atoms with Gasteiger partial charge in [0.05, 0.1) is 6.04 Å². The molecule has 14 heavy (non-hydrogen) atoms. The lowest BCUT2D eigenvalue weighted by Gasteiger charge is -2.13. The van der Waals surface area contributed by atoms with E-state index in [2.05, 4.69) is 4.99 Å². The summed E-state index contributed by atoms with van der Waals surface area (Å²) in [4.78, 5) is 4.03. The van der Waals surface area contributed by atoms with Gasteiger partial charge < -0.3 is 10.5 Å². The summed E-state index contributed by atoms with van der Waals surface area (Å²) >= 11 is 0.